The summed E-state index contributed by atoms with van der Waals surface area (Å²) in [5.74, 6) is 0.953. The van der Waals surface area contributed by atoms with Gasteiger partial charge in [-0.1, -0.05) is 23.7 Å². The van der Waals surface area contributed by atoms with E-state index in [2.05, 4.69) is 4.98 Å². The standard InChI is InChI=1S/C18H12ClF3N2O2/c1-10-2-3-11(8-14(10)19)15-7-6-13(26-15)5-4-12-9-16(18(20,21)22)24-17(25)23-12/h2-9H,1H3,(H,23,24,25)/b5-4+. The Morgan fingerprint density at radius 1 is 1.15 bits per heavy atom. The van der Waals surface area contributed by atoms with Crippen LogP contribution >= 0.6 is 11.6 Å². The van der Waals surface area contributed by atoms with Crippen LogP contribution in [0.4, 0.5) is 13.2 Å². The largest absolute Gasteiger partial charge is 0.457 e. The highest BCUT2D eigenvalue weighted by Gasteiger charge is 2.32. The number of nitrogens with one attached hydrogen (secondary N) is 1. The van der Waals surface area contributed by atoms with Crippen LogP contribution in [0.5, 0.6) is 0 Å². The van der Waals surface area contributed by atoms with E-state index < -0.39 is 17.6 Å². The summed E-state index contributed by atoms with van der Waals surface area (Å²) in [6.45, 7) is 1.88. The average molecular weight is 381 g/mol. The number of aromatic amines is 1. The highest BCUT2D eigenvalue weighted by atomic mass is 35.5. The third kappa shape index (κ3) is 4.05. The van der Waals surface area contributed by atoms with E-state index in [1.807, 2.05) is 19.1 Å². The summed E-state index contributed by atoms with van der Waals surface area (Å²) in [5.41, 5.74) is -0.658. The van der Waals surface area contributed by atoms with Crippen molar-refractivity contribution >= 4 is 23.8 Å². The van der Waals surface area contributed by atoms with Crippen molar-refractivity contribution in [3.8, 4) is 11.3 Å². The van der Waals surface area contributed by atoms with E-state index in [0.717, 1.165) is 17.2 Å². The molecule has 0 aliphatic heterocycles. The number of alkyl halides is 3. The van der Waals surface area contributed by atoms with E-state index in [-0.39, 0.29) is 5.69 Å². The van der Waals surface area contributed by atoms with E-state index >= 15 is 0 Å². The SMILES string of the molecule is Cc1ccc(-c2ccc(/C=C/c3cc(C(F)(F)F)[nH]c(=O)n3)o2)cc1Cl. The lowest BCUT2D eigenvalue weighted by Gasteiger charge is -2.05. The van der Waals surface area contributed by atoms with Crippen molar-refractivity contribution in [2.75, 3.05) is 0 Å². The summed E-state index contributed by atoms with van der Waals surface area (Å²) in [6.07, 6.45) is -1.95. The van der Waals surface area contributed by atoms with E-state index in [4.69, 9.17) is 16.0 Å². The molecule has 0 saturated heterocycles. The van der Waals surface area contributed by atoms with Gasteiger partial charge in [0.25, 0.3) is 0 Å². The van der Waals surface area contributed by atoms with Gasteiger partial charge in [-0.3, -0.25) is 0 Å². The maximum Gasteiger partial charge on any atom is 0.431 e. The molecule has 0 spiro atoms. The lowest BCUT2D eigenvalue weighted by Crippen LogP contribution is -2.19. The molecule has 8 heteroatoms. The van der Waals surface area contributed by atoms with Gasteiger partial charge in [0.1, 0.15) is 17.2 Å². The number of rotatable bonds is 3. The molecule has 0 fully saturated rings. The number of aryl methyl sites for hydroxylation is 1. The van der Waals surface area contributed by atoms with Crippen molar-refractivity contribution in [3.05, 3.63) is 74.6 Å². The van der Waals surface area contributed by atoms with Gasteiger partial charge in [-0.2, -0.15) is 18.2 Å². The molecular weight excluding hydrogens is 369 g/mol. The fourth-order valence-corrected chi connectivity index (χ4v) is 2.41. The Labute approximate surface area is 151 Å². The van der Waals surface area contributed by atoms with E-state index in [1.165, 1.54) is 12.2 Å². The number of aromatic nitrogens is 2. The first-order valence-corrected chi connectivity index (χ1v) is 7.83. The monoisotopic (exact) mass is 380 g/mol. The van der Waals surface area contributed by atoms with Gasteiger partial charge in [-0.25, -0.2) is 4.79 Å². The van der Waals surface area contributed by atoms with Crippen molar-refractivity contribution in [2.24, 2.45) is 0 Å². The zero-order valence-corrected chi connectivity index (χ0v) is 14.2. The Morgan fingerprint density at radius 3 is 2.62 bits per heavy atom. The third-order valence-electron chi connectivity index (χ3n) is 3.57. The molecule has 0 amide bonds. The quantitative estimate of drug-likeness (QED) is 0.681. The second kappa shape index (κ2) is 6.84. The summed E-state index contributed by atoms with van der Waals surface area (Å²) < 4.78 is 43.8. The summed E-state index contributed by atoms with van der Waals surface area (Å²) >= 11 is 6.09. The Balaban J connectivity index is 1.86. The highest BCUT2D eigenvalue weighted by Crippen LogP contribution is 2.28. The molecule has 0 atom stereocenters. The minimum absolute atomic E-state index is 0.127. The van der Waals surface area contributed by atoms with Gasteiger partial charge in [0.2, 0.25) is 0 Å². The summed E-state index contributed by atoms with van der Waals surface area (Å²) in [7, 11) is 0. The Kier molecular flexibility index (Phi) is 4.73. The highest BCUT2D eigenvalue weighted by molar-refractivity contribution is 6.31. The van der Waals surface area contributed by atoms with Crippen LogP contribution in [0.2, 0.25) is 5.02 Å². The average Bonchev–Trinajstić information content (AvgIpc) is 3.03. The first kappa shape index (κ1) is 18.0. The topological polar surface area (TPSA) is 58.9 Å². The van der Waals surface area contributed by atoms with Crippen LogP contribution in [-0.2, 0) is 6.18 Å². The molecule has 1 N–H and O–H groups in total. The second-order valence-electron chi connectivity index (χ2n) is 5.52. The smallest absolute Gasteiger partial charge is 0.431 e. The van der Waals surface area contributed by atoms with E-state index in [9.17, 15) is 18.0 Å². The summed E-state index contributed by atoms with van der Waals surface area (Å²) in [5, 5.41) is 0.600. The van der Waals surface area contributed by atoms with E-state index in [1.54, 1.807) is 23.2 Å². The second-order valence-corrected chi connectivity index (χ2v) is 5.93. The lowest BCUT2D eigenvalue weighted by molar-refractivity contribution is -0.141. The maximum absolute atomic E-state index is 12.7. The van der Waals surface area contributed by atoms with Crippen molar-refractivity contribution in [2.45, 2.75) is 13.1 Å². The molecule has 2 heterocycles. The van der Waals surface area contributed by atoms with Gasteiger partial charge in [-0.15, -0.1) is 0 Å². The summed E-state index contributed by atoms with van der Waals surface area (Å²) in [6, 6.07) is 9.58. The third-order valence-corrected chi connectivity index (χ3v) is 3.98. The van der Waals surface area contributed by atoms with Crippen LogP contribution < -0.4 is 5.69 Å². The predicted octanol–water partition coefficient (Wildman–Crippen LogP) is 5.18. The molecule has 0 saturated carbocycles. The molecule has 0 unspecified atom stereocenters. The van der Waals surface area contributed by atoms with Crippen molar-refractivity contribution < 1.29 is 17.6 Å². The minimum Gasteiger partial charge on any atom is -0.457 e. The lowest BCUT2D eigenvalue weighted by atomic mass is 10.1. The molecule has 3 aromatic rings. The van der Waals surface area contributed by atoms with Gasteiger partial charge in [0, 0.05) is 10.6 Å². The molecule has 2 aromatic heterocycles. The number of hydrogen-bond donors (Lipinski definition) is 1. The Bertz CT molecular complexity index is 1040. The van der Waals surface area contributed by atoms with Crippen LogP contribution in [0.3, 0.4) is 0 Å². The number of benzene rings is 1. The Hall–Kier alpha value is -2.80. The van der Waals surface area contributed by atoms with Crippen LogP contribution in [0.1, 0.15) is 22.7 Å². The molecule has 0 aliphatic carbocycles. The molecule has 134 valence electrons. The number of hydrogen-bond acceptors (Lipinski definition) is 3. The fourth-order valence-electron chi connectivity index (χ4n) is 2.23. The molecule has 1 aromatic carbocycles. The van der Waals surface area contributed by atoms with Gasteiger partial charge >= 0.3 is 11.9 Å². The van der Waals surface area contributed by atoms with Crippen LogP contribution in [0, 0.1) is 6.92 Å². The molecular formula is C18H12ClF3N2O2. The Morgan fingerprint density at radius 2 is 1.92 bits per heavy atom. The van der Waals surface area contributed by atoms with Crippen molar-refractivity contribution in [1.29, 1.82) is 0 Å². The van der Waals surface area contributed by atoms with Gasteiger partial charge in [-0.05, 0) is 48.9 Å². The van der Waals surface area contributed by atoms with Crippen molar-refractivity contribution in [3.63, 3.8) is 0 Å². The molecule has 0 radical (unpaired) electrons. The normalized spacial score (nSPS) is 12.0. The minimum atomic E-state index is -4.66. The number of nitrogens with zero attached hydrogens (tertiary/aromatic N) is 1. The van der Waals surface area contributed by atoms with Gasteiger partial charge < -0.3 is 9.40 Å². The van der Waals surface area contributed by atoms with Crippen molar-refractivity contribution in [1.82, 2.24) is 9.97 Å². The molecule has 4 nitrogen and oxygen atoms in total. The van der Waals surface area contributed by atoms with Crippen LogP contribution in [0.15, 0.2) is 45.6 Å². The number of halogens is 4. The predicted molar refractivity (Wildman–Crippen MR) is 92.7 cm³/mol. The zero-order valence-electron chi connectivity index (χ0n) is 13.4. The number of H-pyrrole nitrogens is 1. The zero-order chi connectivity index (χ0) is 18.9. The fraction of sp³-hybridized carbons (Fsp3) is 0.111. The van der Waals surface area contributed by atoms with Gasteiger partial charge in [0.15, 0.2) is 0 Å². The molecule has 26 heavy (non-hydrogen) atoms. The molecule has 0 aliphatic rings. The summed E-state index contributed by atoms with van der Waals surface area (Å²) in [4.78, 5) is 16.4. The van der Waals surface area contributed by atoms with E-state index in [0.29, 0.717) is 16.5 Å². The van der Waals surface area contributed by atoms with Crippen LogP contribution in [0.25, 0.3) is 23.5 Å². The van der Waals surface area contributed by atoms with Crippen LogP contribution in [-0.4, -0.2) is 9.97 Å². The first-order valence-electron chi connectivity index (χ1n) is 7.45. The number of furan rings is 1. The first-order chi connectivity index (χ1) is 12.2. The molecule has 3 rings (SSSR count). The molecule has 0 bridgehead atoms. The maximum atomic E-state index is 12.7. The van der Waals surface area contributed by atoms with Gasteiger partial charge in [0.05, 0.1) is 5.69 Å².